The van der Waals surface area contributed by atoms with Gasteiger partial charge in [0.15, 0.2) is 6.54 Å². The Bertz CT molecular complexity index is 203. The third-order valence-electron chi connectivity index (χ3n) is 2.01. The highest BCUT2D eigenvalue weighted by Gasteiger charge is 2.29. The number of hydrogen-bond donors (Lipinski definition) is 1. The first-order valence-electron chi connectivity index (χ1n) is 4.95. The van der Waals surface area contributed by atoms with Gasteiger partial charge in [0.05, 0.1) is 0 Å². The minimum absolute atomic E-state index is 0.119. The van der Waals surface area contributed by atoms with E-state index in [1.165, 1.54) is 0 Å². The summed E-state index contributed by atoms with van der Waals surface area (Å²) in [6.07, 6.45) is 2.51. The van der Waals surface area contributed by atoms with Crippen molar-refractivity contribution < 1.29 is 9.53 Å². The summed E-state index contributed by atoms with van der Waals surface area (Å²) in [7, 11) is 0. The van der Waals surface area contributed by atoms with E-state index in [9.17, 15) is 4.79 Å². The molecule has 1 aliphatic heterocycles. The van der Waals surface area contributed by atoms with Crippen molar-refractivity contribution in [2.75, 3.05) is 13.1 Å². The van der Waals surface area contributed by atoms with Crippen molar-refractivity contribution in [3.05, 3.63) is 6.42 Å². The third kappa shape index (κ3) is 3.46. The lowest BCUT2D eigenvalue weighted by molar-refractivity contribution is 0.0239. The third-order valence-corrected chi connectivity index (χ3v) is 2.01. The molecule has 1 rings (SSSR count). The number of nitrogens with two attached hydrogens (primary N) is 1. The van der Waals surface area contributed by atoms with Crippen LogP contribution in [0.25, 0.3) is 0 Å². The molecule has 80 valence electrons. The number of likely N-dealkylation sites (tertiary alicyclic amines) is 1. The molecule has 1 heterocycles. The second-order valence-corrected chi connectivity index (χ2v) is 4.61. The molecule has 0 saturated carbocycles. The lowest BCUT2D eigenvalue weighted by atomic mass is 10.1. The standard InChI is InChI=1S/C10H19N2O2/c1-10(2,3)14-9(13)12-6-4-8(11)5-7-12/h4,8H,5-7,11H2,1-3H3/q+1. The zero-order valence-corrected chi connectivity index (χ0v) is 9.12. The number of piperidine rings is 1. The minimum Gasteiger partial charge on any atom is -0.444 e. The summed E-state index contributed by atoms with van der Waals surface area (Å²) >= 11 is 0. The van der Waals surface area contributed by atoms with Gasteiger partial charge in [-0.15, -0.1) is 0 Å². The number of nitrogens with zero attached hydrogens (tertiary/aromatic N) is 1. The first-order chi connectivity index (χ1) is 6.38. The van der Waals surface area contributed by atoms with E-state index in [1.54, 1.807) is 4.90 Å². The molecule has 0 spiro atoms. The fourth-order valence-corrected chi connectivity index (χ4v) is 1.27. The van der Waals surface area contributed by atoms with Gasteiger partial charge < -0.3 is 4.74 Å². The molecule has 0 bridgehead atoms. The van der Waals surface area contributed by atoms with Gasteiger partial charge in [0.1, 0.15) is 18.1 Å². The van der Waals surface area contributed by atoms with Crippen molar-refractivity contribution >= 4 is 6.09 Å². The highest BCUT2D eigenvalue weighted by atomic mass is 16.6. The highest BCUT2D eigenvalue weighted by molar-refractivity contribution is 5.68. The Hall–Kier alpha value is -0.900. The van der Waals surface area contributed by atoms with Crippen molar-refractivity contribution in [3.8, 4) is 0 Å². The Kier molecular flexibility index (Phi) is 3.26. The topological polar surface area (TPSA) is 55.6 Å². The van der Waals surface area contributed by atoms with E-state index in [0.717, 1.165) is 6.42 Å². The summed E-state index contributed by atoms with van der Waals surface area (Å²) in [5.74, 6) is 0. The smallest absolute Gasteiger partial charge is 0.413 e. The Balaban J connectivity index is 2.38. The first kappa shape index (κ1) is 11.2. The molecule has 2 N–H and O–H groups in total. The number of rotatable bonds is 0. The zero-order valence-electron chi connectivity index (χ0n) is 9.12. The first-order valence-corrected chi connectivity index (χ1v) is 4.95. The molecule has 4 nitrogen and oxygen atoms in total. The summed E-state index contributed by atoms with van der Waals surface area (Å²) < 4.78 is 5.24. The Morgan fingerprint density at radius 3 is 2.64 bits per heavy atom. The van der Waals surface area contributed by atoms with Crippen molar-refractivity contribution in [2.45, 2.75) is 38.8 Å². The average Bonchev–Trinajstić information content (AvgIpc) is 2.02. The molecule has 0 radical (unpaired) electrons. The van der Waals surface area contributed by atoms with Crippen LogP contribution in [-0.4, -0.2) is 35.7 Å². The Morgan fingerprint density at radius 2 is 2.21 bits per heavy atom. The van der Waals surface area contributed by atoms with Crippen LogP contribution in [0.2, 0.25) is 0 Å². The van der Waals surface area contributed by atoms with Gasteiger partial charge in [-0.3, -0.25) is 10.6 Å². The number of carbonyl (C=O) groups is 1. The van der Waals surface area contributed by atoms with Crippen LogP contribution in [0.5, 0.6) is 0 Å². The molecular formula is C10H19N2O2+. The maximum absolute atomic E-state index is 11.6. The fourth-order valence-electron chi connectivity index (χ4n) is 1.27. The number of carbonyl (C=O) groups excluding carboxylic acids is 1. The maximum atomic E-state index is 11.6. The molecule has 1 fully saturated rings. The van der Waals surface area contributed by atoms with E-state index < -0.39 is 5.60 Å². The molecule has 0 aromatic heterocycles. The van der Waals surface area contributed by atoms with Crippen LogP contribution in [0.1, 0.15) is 27.2 Å². The van der Waals surface area contributed by atoms with Crippen LogP contribution in [0.15, 0.2) is 0 Å². The van der Waals surface area contributed by atoms with Gasteiger partial charge in [-0.2, -0.15) is 0 Å². The van der Waals surface area contributed by atoms with Crippen LogP contribution < -0.4 is 5.73 Å². The largest absolute Gasteiger partial charge is 0.444 e. The van der Waals surface area contributed by atoms with Crippen molar-refractivity contribution in [1.29, 1.82) is 0 Å². The van der Waals surface area contributed by atoms with Crippen molar-refractivity contribution in [2.24, 2.45) is 5.73 Å². The minimum atomic E-state index is -0.420. The molecule has 1 atom stereocenters. The van der Waals surface area contributed by atoms with E-state index in [0.29, 0.717) is 13.1 Å². The summed E-state index contributed by atoms with van der Waals surface area (Å²) in [4.78, 5) is 13.2. The number of amides is 1. The molecule has 1 aliphatic rings. The molecule has 1 amide bonds. The van der Waals surface area contributed by atoms with E-state index in [-0.39, 0.29) is 12.1 Å². The Morgan fingerprint density at radius 1 is 1.57 bits per heavy atom. The lowest BCUT2D eigenvalue weighted by Gasteiger charge is -2.28. The summed E-state index contributed by atoms with van der Waals surface area (Å²) in [5.41, 5.74) is 5.27. The molecule has 4 heteroatoms. The molecule has 0 aromatic carbocycles. The van der Waals surface area contributed by atoms with E-state index >= 15 is 0 Å². The van der Waals surface area contributed by atoms with Crippen LogP contribution in [0.4, 0.5) is 4.79 Å². The molecule has 1 saturated heterocycles. The van der Waals surface area contributed by atoms with Crippen LogP contribution in [-0.2, 0) is 4.74 Å². The quantitative estimate of drug-likeness (QED) is 0.596. The van der Waals surface area contributed by atoms with Gasteiger partial charge in [-0.05, 0) is 20.8 Å². The second kappa shape index (κ2) is 4.09. The van der Waals surface area contributed by atoms with Crippen LogP contribution >= 0.6 is 0 Å². The average molecular weight is 199 g/mol. The van der Waals surface area contributed by atoms with Crippen LogP contribution in [0.3, 0.4) is 0 Å². The predicted molar refractivity (Wildman–Crippen MR) is 54.7 cm³/mol. The molecule has 0 aromatic rings. The molecule has 0 aliphatic carbocycles. The van der Waals surface area contributed by atoms with E-state index in [2.05, 4.69) is 0 Å². The van der Waals surface area contributed by atoms with Crippen molar-refractivity contribution in [3.63, 3.8) is 0 Å². The summed E-state index contributed by atoms with van der Waals surface area (Å²) in [6, 6.07) is 0.119. The lowest BCUT2D eigenvalue weighted by Crippen LogP contribution is -2.45. The molecule has 1 unspecified atom stereocenters. The van der Waals surface area contributed by atoms with Gasteiger partial charge in [0.25, 0.3) is 0 Å². The van der Waals surface area contributed by atoms with E-state index in [1.807, 2.05) is 27.2 Å². The summed E-state index contributed by atoms with van der Waals surface area (Å²) in [6.45, 7) is 6.88. The normalized spacial score (nSPS) is 22.9. The van der Waals surface area contributed by atoms with Crippen molar-refractivity contribution in [1.82, 2.24) is 4.90 Å². The molecular weight excluding hydrogens is 180 g/mol. The summed E-state index contributed by atoms with van der Waals surface area (Å²) in [5, 5.41) is 0. The zero-order chi connectivity index (χ0) is 10.8. The Labute approximate surface area is 85.4 Å². The van der Waals surface area contributed by atoms with Gasteiger partial charge in [0.2, 0.25) is 0 Å². The number of hydrogen-bond acceptors (Lipinski definition) is 3. The predicted octanol–water partition coefficient (Wildman–Crippen LogP) is 1.16. The van der Waals surface area contributed by atoms with Gasteiger partial charge in [-0.1, -0.05) is 0 Å². The van der Waals surface area contributed by atoms with E-state index in [4.69, 9.17) is 10.5 Å². The molecule has 14 heavy (non-hydrogen) atoms. The number of ether oxygens (including phenoxy) is 1. The monoisotopic (exact) mass is 199 g/mol. The van der Waals surface area contributed by atoms with Gasteiger partial charge in [0, 0.05) is 13.0 Å². The second-order valence-electron chi connectivity index (χ2n) is 4.61. The van der Waals surface area contributed by atoms with Gasteiger partial charge >= 0.3 is 6.09 Å². The highest BCUT2D eigenvalue weighted by Crippen LogP contribution is 2.13. The van der Waals surface area contributed by atoms with Gasteiger partial charge in [-0.25, -0.2) is 4.79 Å². The SMILES string of the molecule is CC(C)(C)OC(=O)N1C[CH+]C(N)CC1. The van der Waals surface area contributed by atoms with Crippen LogP contribution in [0, 0.1) is 6.42 Å². The fraction of sp³-hybridized carbons (Fsp3) is 0.800. The maximum Gasteiger partial charge on any atom is 0.413 e.